The Labute approximate surface area is 567 Å². The highest BCUT2D eigenvalue weighted by Gasteiger charge is 2.30. The van der Waals surface area contributed by atoms with Crippen LogP contribution in [0, 0.1) is 17.8 Å². The first-order chi connectivity index (χ1) is 44.7. The molecule has 0 saturated heterocycles. The van der Waals surface area contributed by atoms with Crippen molar-refractivity contribution in [3.63, 3.8) is 0 Å². The predicted molar refractivity (Wildman–Crippen MR) is 377 cm³/mol. The van der Waals surface area contributed by atoms with Gasteiger partial charge in [-0.05, 0) is 69.1 Å². The summed E-state index contributed by atoms with van der Waals surface area (Å²) in [7, 11) is -9.92. The number of hydrogen-bond donors (Lipinski definition) is 3. The standard InChI is InChI=1S/C74H140O17P2/c1-8-9-10-11-12-13-14-15-17-22-25-28-34-43-50-57-73(78)90-70(62-85-72(77)56-49-42-37-36-40-47-54-67(6)7)64-89-93(82,83)87-60-68(75)59-86-92(80,81)88-63-69(91-74(79)58-51-44-35-30-29-32-39-46-53-66(4)5)61-84-71(76)55-48-41-33-27-24-21-19-16-18-20-23-26-31-38-45-52-65(2)3/h13-15,17,65-70,75H,8-12,16,18-64H2,1-7H3,(H,80,81)(H,82,83)/b14-13-,17-15-/t68-,69-,70-/m1/s1. The summed E-state index contributed by atoms with van der Waals surface area (Å²) in [5.74, 6) is 0.0420. The summed E-state index contributed by atoms with van der Waals surface area (Å²) in [5, 5.41) is 10.6. The van der Waals surface area contributed by atoms with Crippen molar-refractivity contribution < 1.29 is 80.2 Å². The van der Waals surface area contributed by atoms with E-state index >= 15 is 0 Å². The number of aliphatic hydroxyl groups is 1. The maximum atomic E-state index is 13.0. The molecule has 0 rings (SSSR count). The number of rotatable bonds is 70. The van der Waals surface area contributed by atoms with E-state index in [1.165, 1.54) is 141 Å². The first-order valence-corrected chi connectivity index (χ1v) is 40.7. The van der Waals surface area contributed by atoms with Crippen molar-refractivity contribution in [3.05, 3.63) is 24.3 Å². The minimum Gasteiger partial charge on any atom is -0.462 e. The zero-order chi connectivity index (χ0) is 68.7. The third-order valence-electron chi connectivity index (χ3n) is 16.5. The number of phosphoric acid groups is 2. The van der Waals surface area contributed by atoms with Crippen LogP contribution in [0.15, 0.2) is 24.3 Å². The highest BCUT2D eigenvalue weighted by Crippen LogP contribution is 2.45. The second-order valence-corrected chi connectivity index (χ2v) is 30.3. The molecule has 0 aromatic carbocycles. The molecule has 0 aliphatic heterocycles. The number of unbranched alkanes of at least 4 members (excludes halogenated alkanes) is 35. The van der Waals surface area contributed by atoms with Crippen LogP contribution in [0.1, 0.15) is 350 Å². The van der Waals surface area contributed by atoms with Crippen molar-refractivity contribution in [1.82, 2.24) is 0 Å². The summed E-state index contributed by atoms with van der Waals surface area (Å²) in [6, 6.07) is 0. The molecular formula is C74H140O17P2. The monoisotopic (exact) mass is 1360 g/mol. The molecule has 548 valence electrons. The average molecular weight is 1360 g/mol. The lowest BCUT2D eigenvalue weighted by Gasteiger charge is -2.21. The Hall–Kier alpha value is -2.46. The number of hydrogen-bond acceptors (Lipinski definition) is 15. The van der Waals surface area contributed by atoms with Gasteiger partial charge in [-0.25, -0.2) is 9.13 Å². The molecule has 0 aromatic rings. The highest BCUT2D eigenvalue weighted by molar-refractivity contribution is 7.47. The summed E-state index contributed by atoms with van der Waals surface area (Å²) in [5.41, 5.74) is 0. The Morgan fingerprint density at radius 3 is 0.871 bits per heavy atom. The lowest BCUT2D eigenvalue weighted by Crippen LogP contribution is -2.30. The Balaban J connectivity index is 5.23. The van der Waals surface area contributed by atoms with Crippen LogP contribution in [-0.2, 0) is 65.4 Å². The third kappa shape index (κ3) is 67.9. The van der Waals surface area contributed by atoms with Gasteiger partial charge in [0.15, 0.2) is 12.2 Å². The fraction of sp³-hybridized carbons (Fsp3) is 0.892. The quantitative estimate of drug-likeness (QED) is 0.0169. The third-order valence-corrected chi connectivity index (χ3v) is 18.4. The van der Waals surface area contributed by atoms with Gasteiger partial charge in [0.1, 0.15) is 19.3 Å². The number of ether oxygens (including phenoxy) is 4. The van der Waals surface area contributed by atoms with Gasteiger partial charge in [-0.1, -0.05) is 297 Å². The van der Waals surface area contributed by atoms with Gasteiger partial charge < -0.3 is 33.8 Å². The van der Waals surface area contributed by atoms with Gasteiger partial charge >= 0.3 is 39.5 Å². The number of aliphatic hydroxyl groups excluding tert-OH is 1. The van der Waals surface area contributed by atoms with Crippen LogP contribution in [0.4, 0.5) is 0 Å². The van der Waals surface area contributed by atoms with Crippen LogP contribution in [0.5, 0.6) is 0 Å². The van der Waals surface area contributed by atoms with Gasteiger partial charge in [-0.15, -0.1) is 0 Å². The lowest BCUT2D eigenvalue weighted by atomic mass is 10.0. The van der Waals surface area contributed by atoms with Crippen LogP contribution in [0.2, 0.25) is 0 Å². The SMILES string of the molecule is CCCCCC/C=C\C=C/CCCCCCCC(=O)O[C@H](COC(=O)CCCCCCCCC(C)C)COP(=O)(O)OC[C@H](O)COP(=O)(O)OC[C@@H](COC(=O)CCCCCCCCCCCCCCCCCC(C)C)OC(=O)CCCCCCCCCCC(C)C. The molecule has 0 radical (unpaired) electrons. The first-order valence-electron chi connectivity index (χ1n) is 37.7. The molecule has 0 fully saturated rings. The topological polar surface area (TPSA) is 237 Å². The largest absolute Gasteiger partial charge is 0.472 e. The van der Waals surface area contributed by atoms with Crippen LogP contribution in [-0.4, -0.2) is 96.7 Å². The van der Waals surface area contributed by atoms with Crippen LogP contribution in [0.3, 0.4) is 0 Å². The van der Waals surface area contributed by atoms with E-state index in [1.54, 1.807) is 0 Å². The van der Waals surface area contributed by atoms with Gasteiger partial charge in [0.2, 0.25) is 0 Å². The minimum absolute atomic E-state index is 0.0836. The minimum atomic E-state index is -4.96. The van der Waals surface area contributed by atoms with E-state index in [-0.39, 0.29) is 25.7 Å². The van der Waals surface area contributed by atoms with E-state index in [0.717, 1.165) is 115 Å². The molecule has 0 heterocycles. The molecule has 17 nitrogen and oxygen atoms in total. The number of carbonyl (C=O) groups is 4. The van der Waals surface area contributed by atoms with Gasteiger partial charge in [0, 0.05) is 25.7 Å². The zero-order valence-electron chi connectivity index (χ0n) is 60.2. The van der Waals surface area contributed by atoms with E-state index in [9.17, 15) is 43.2 Å². The number of allylic oxidation sites excluding steroid dienone is 4. The predicted octanol–water partition coefficient (Wildman–Crippen LogP) is 21.0. The molecule has 0 aromatic heterocycles. The zero-order valence-corrected chi connectivity index (χ0v) is 62.0. The number of phosphoric ester groups is 2. The molecule has 0 aliphatic rings. The number of esters is 4. The van der Waals surface area contributed by atoms with Crippen molar-refractivity contribution in [2.75, 3.05) is 39.6 Å². The number of carbonyl (C=O) groups excluding carboxylic acids is 4. The van der Waals surface area contributed by atoms with Gasteiger partial charge in [-0.3, -0.25) is 37.3 Å². The van der Waals surface area contributed by atoms with Gasteiger partial charge in [0.25, 0.3) is 0 Å². The normalized spacial score (nSPS) is 14.3. The van der Waals surface area contributed by atoms with Crippen molar-refractivity contribution in [3.8, 4) is 0 Å². The molecule has 0 saturated carbocycles. The molecule has 0 amide bonds. The molecular weight excluding hydrogens is 1220 g/mol. The Morgan fingerprint density at radius 2 is 0.581 bits per heavy atom. The van der Waals surface area contributed by atoms with Crippen molar-refractivity contribution in [1.29, 1.82) is 0 Å². The summed E-state index contributed by atoms with van der Waals surface area (Å²) < 4.78 is 68.3. The summed E-state index contributed by atoms with van der Waals surface area (Å²) in [6.07, 6.45) is 52.4. The van der Waals surface area contributed by atoms with Crippen LogP contribution in [0.25, 0.3) is 0 Å². The van der Waals surface area contributed by atoms with Crippen molar-refractivity contribution in [2.45, 2.75) is 369 Å². The van der Waals surface area contributed by atoms with Gasteiger partial charge in [-0.2, -0.15) is 0 Å². The molecule has 0 aliphatic carbocycles. The molecule has 5 atom stereocenters. The highest BCUT2D eigenvalue weighted by atomic mass is 31.2. The van der Waals surface area contributed by atoms with E-state index < -0.39 is 97.5 Å². The van der Waals surface area contributed by atoms with Crippen LogP contribution < -0.4 is 0 Å². The fourth-order valence-electron chi connectivity index (χ4n) is 10.7. The summed E-state index contributed by atoms with van der Waals surface area (Å²) >= 11 is 0. The van der Waals surface area contributed by atoms with E-state index in [1.807, 2.05) is 0 Å². The van der Waals surface area contributed by atoms with E-state index in [2.05, 4.69) is 72.8 Å². The van der Waals surface area contributed by atoms with Crippen molar-refractivity contribution >= 4 is 39.5 Å². The smallest absolute Gasteiger partial charge is 0.462 e. The second-order valence-electron chi connectivity index (χ2n) is 27.4. The fourth-order valence-corrected chi connectivity index (χ4v) is 12.3. The molecule has 2 unspecified atom stereocenters. The van der Waals surface area contributed by atoms with Crippen molar-refractivity contribution in [2.24, 2.45) is 17.8 Å². The van der Waals surface area contributed by atoms with Crippen LogP contribution >= 0.6 is 15.6 Å². The summed E-state index contributed by atoms with van der Waals surface area (Å²) in [6.45, 7) is 11.7. The summed E-state index contributed by atoms with van der Waals surface area (Å²) in [4.78, 5) is 72.6. The Morgan fingerprint density at radius 1 is 0.333 bits per heavy atom. The molecule has 0 spiro atoms. The van der Waals surface area contributed by atoms with E-state index in [4.69, 9.17) is 37.0 Å². The first kappa shape index (κ1) is 90.5. The Kier molecular flexibility index (Phi) is 62.5. The maximum absolute atomic E-state index is 13.0. The average Bonchev–Trinajstić information content (AvgIpc) is 1.74. The molecule has 3 N–H and O–H groups in total. The molecule has 19 heteroatoms. The second kappa shape index (κ2) is 64.2. The lowest BCUT2D eigenvalue weighted by molar-refractivity contribution is -0.161. The molecule has 93 heavy (non-hydrogen) atoms. The molecule has 0 bridgehead atoms. The maximum Gasteiger partial charge on any atom is 0.472 e. The Bertz CT molecular complexity index is 1910. The van der Waals surface area contributed by atoms with E-state index in [0.29, 0.717) is 37.5 Å². The van der Waals surface area contributed by atoms with Gasteiger partial charge in [0.05, 0.1) is 26.4 Å².